The maximum Gasteiger partial charge on any atom is 0.344 e. The van der Waals surface area contributed by atoms with Crippen molar-refractivity contribution in [1.82, 2.24) is 4.98 Å². The molecule has 1 rings (SSSR count). The van der Waals surface area contributed by atoms with Crippen LogP contribution < -0.4 is 11.6 Å². The lowest BCUT2D eigenvalue weighted by molar-refractivity contribution is -0.169. The van der Waals surface area contributed by atoms with Crippen molar-refractivity contribution in [3.05, 3.63) is 29.6 Å². The molecular formula is C12H17N3O4. The van der Waals surface area contributed by atoms with Crippen molar-refractivity contribution in [3.8, 4) is 0 Å². The highest BCUT2D eigenvalue weighted by molar-refractivity contribution is 5.92. The first-order valence-corrected chi connectivity index (χ1v) is 5.59. The molecule has 0 saturated heterocycles. The highest BCUT2D eigenvalue weighted by Gasteiger charge is 2.28. The van der Waals surface area contributed by atoms with Gasteiger partial charge in [-0.05, 0) is 32.9 Å². The third-order valence-electron chi connectivity index (χ3n) is 2.10. The fraction of sp³-hybridized carbons (Fsp3) is 0.417. The Hall–Kier alpha value is -1.99. The van der Waals surface area contributed by atoms with Gasteiger partial charge in [-0.2, -0.15) is 0 Å². The molecule has 1 heterocycles. The van der Waals surface area contributed by atoms with Crippen LogP contribution in [0.3, 0.4) is 0 Å². The van der Waals surface area contributed by atoms with Gasteiger partial charge in [0.2, 0.25) is 12.0 Å². The van der Waals surface area contributed by atoms with E-state index in [4.69, 9.17) is 16.4 Å². The van der Waals surface area contributed by atoms with E-state index in [9.17, 15) is 9.59 Å². The summed E-state index contributed by atoms with van der Waals surface area (Å²) >= 11 is 0. The van der Waals surface area contributed by atoms with Crippen LogP contribution in [0.15, 0.2) is 18.3 Å². The van der Waals surface area contributed by atoms with E-state index in [1.807, 2.05) is 0 Å². The van der Waals surface area contributed by atoms with E-state index < -0.39 is 23.6 Å². The van der Waals surface area contributed by atoms with Gasteiger partial charge in [0.25, 0.3) is 0 Å². The van der Waals surface area contributed by atoms with Crippen LogP contribution in [0.25, 0.3) is 0 Å². The predicted octanol–water partition coefficient (Wildman–Crippen LogP) is 0.454. The number of primary amides is 1. The molecule has 0 spiro atoms. The molecule has 1 aromatic rings. The SMILES string of the molecule is CC(C)(C)OC(=O)C(ON)c1ccc(C(N)=O)cn1. The van der Waals surface area contributed by atoms with Crippen molar-refractivity contribution in [2.24, 2.45) is 11.6 Å². The summed E-state index contributed by atoms with van der Waals surface area (Å²) in [7, 11) is 0. The number of ether oxygens (including phenoxy) is 1. The maximum absolute atomic E-state index is 11.9. The van der Waals surface area contributed by atoms with E-state index >= 15 is 0 Å². The molecular weight excluding hydrogens is 250 g/mol. The number of hydrogen-bond donors (Lipinski definition) is 2. The van der Waals surface area contributed by atoms with Crippen molar-refractivity contribution in [3.63, 3.8) is 0 Å². The van der Waals surface area contributed by atoms with Crippen LogP contribution in [-0.4, -0.2) is 22.5 Å². The zero-order valence-corrected chi connectivity index (χ0v) is 11.0. The molecule has 0 bridgehead atoms. The summed E-state index contributed by atoms with van der Waals surface area (Å²) in [5, 5.41) is 0. The first kappa shape index (κ1) is 15.1. The Kier molecular flexibility index (Phi) is 4.57. The molecule has 0 aromatic carbocycles. The Balaban J connectivity index is 2.91. The van der Waals surface area contributed by atoms with Gasteiger partial charge in [0, 0.05) is 6.20 Å². The van der Waals surface area contributed by atoms with Crippen molar-refractivity contribution in [2.75, 3.05) is 0 Å². The van der Waals surface area contributed by atoms with Crippen LogP contribution in [0, 0.1) is 0 Å². The summed E-state index contributed by atoms with van der Waals surface area (Å²) in [5.41, 5.74) is 4.89. The van der Waals surface area contributed by atoms with E-state index in [0.717, 1.165) is 0 Å². The van der Waals surface area contributed by atoms with Crippen LogP contribution in [-0.2, 0) is 14.4 Å². The molecule has 1 amide bonds. The highest BCUT2D eigenvalue weighted by Crippen LogP contribution is 2.19. The second-order valence-corrected chi connectivity index (χ2v) is 4.89. The average molecular weight is 267 g/mol. The number of amides is 1. The number of esters is 1. The quantitative estimate of drug-likeness (QED) is 0.604. The van der Waals surface area contributed by atoms with E-state index in [2.05, 4.69) is 9.82 Å². The molecule has 1 unspecified atom stereocenters. The summed E-state index contributed by atoms with van der Waals surface area (Å²) in [6.45, 7) is 5.17. The number of hydrogen-bond acceptors (Lipinski definition) is 6. The van der Waals surface area contributed by atoms with Crippen LogP contribution in [0.5, 0.6) is 0 Å². The van der Waals surface area contributed by atoms with Gasteiger partial charge in [-0.1, -0.05) is 0 Å². The molecule has 7 nitrogen and oxygen atoms in total. The normalized spacial score (nSPS) is 12.8. The number of pyridine rings is 1. The Morgan fingerprint density at radius 2 is 1.95 bits per heavy atom. The molecule has 0 aliphatic heterocycles. The largest absolute Gasteiger partial charge is 0.458 e. The van der Waals surface area contributed by atoms with Gasteiger partial charge in [0.1, 0.15) is 5.60 Å². The smallest absolute Gasteiger partial charge is 0.344 e. The molecule has 1 atom stereocenters. The van der Waals surface area contributed by atoms with Gasteiger partial charge in [-0.3, -0.25) is 14.6 Å². The zero-order chi connectivity index (χ0) is 14.6. The van der Waals surface area contributed by atoms with Gasteiger partial charge < -0.3 is 10.5 Å². The second-order valence-electron chi connectivity index (χ2n) is 4.89. The van der Waals surface area contributed by atoms with E-state index in [0.29, 0.717) is 0 Å². The van der Waals surface area contributed by atoms with Crippen LogP contribution >= 0.6 is 0 Å². The molecule has 0 aliphatic carbocycles. The monoisotopic (exact) mass is 267 g/mol. The minimum absolute atomic E-state index is 0.226. The zero-order valence-electron chi connectivity index (χ0n) is 11.0. The molecule has 1 aromatic heterocycles. The molecule has 19 heavy (non-hydrogen) atoms. The van der Waals surface area contributed by atoms with E-state index in [1.165, 1.54) is 18.3 Å². The molecule has 0 saturated carbocycles. The van der Waals surface area contributed by atoms with Gasteiger partial charge >= 0.3 is 5.97 Å². The fourth-order valence-electron chi connectivity index (χ4n) is 1.31. The topological polar surface area (TPSA) is 118 Å². The molecule has 104 valence electrons. The number of nitrogens with two attached hydrogens (primary N) is 2. The average Bonchev–Trinajstić information content (AvgIpc) is 2.28. The summed E-state index contributed by atoms with van der Waals surface area (Å²) < 4.78 is 5.15. The summed E-state index contributed by atoms with van der Waals surface area (Å²) in [4.78, 5) is 31.3. The summed E-state index contributed by atoms with van der Waals surface area (Å²) in [6.07, 6.45) is 0.0924. The number of carbonyl (C=O) groups is 2. The van der Waals surface area contributed by atoms with Crippen molar-refractivity contribution in [2.45, 2.75) is 32.5 Å². The highest BCUT2D eigenvalue weighted by atomic mass is 16.7. The molecule has 0 radical (unpaired) electrons. The number of nitrogens with zero attached hydrogens (tertiary/aromatic N) is 1. The van der Waals surface area contributed by atoms with Crippen molar-refractivity contribution >= 4 is 11.9 Å². The Morgan fingerprint density at radius 1 is 1.32 bits per heavy atom. The second kappa shape index (κ2) is 5.77. The minimum atomic E-state index is -1.15. The Labute approximate surface area is 110 Å². The fourth-order valence-corrected chi connectivity index (χ4v) is 1.31. The number of aromatic nitrogens is 1. The lowest BCUT2D eigenvalue weighted by Crippen LogP contribution is -2.30. The van der Waals surface area contributed by atoms with Gasteiger partial charge in [0.05, 0.1) is 11.3 Å². The van der Waals surface area contributed by atoms with E-state index in [1.54, 1.807) is 20.8 Å². The summed E-state index contributed by atoms with van der Waals surface area (Å²) in [5.74, 6) is 3.82. The van der Waals surface area contributed by atoms with E-state index in [-0.39, 0.29) is 11.3 Å². The van der Waals surface area contributed by atoms with Crippen LogP contribution in [0.2, 0.25) is 0 Å². The summed E-state index contributed by atoms with van der Waals surface area (Å²) in [6, 6.07) is 2.86. The maximum atomic E-state index is 11.9. The molecule has 7 heteroatoms. The van der Waals surface area contributed by atoms with Gasteiger partial charge in [-0.25, -0.2) is 10.7 Å². The number of rotatable bonds is 4. The number of carbonyl (C=O) groups excluding carboxylic acids is 2. The Morgan fingerprint density at radius 3 is 2.32 bits per heavy atom. The molecule has 4 N–H and O–H groups in total. The van der Waals surface area contributed by atoms with Gasteiger partial charge in [0.15, 0.2) is 0 Å². The Bertz CT molecular complexity index is 465. The van der Waals surface area contributed by atoms with Crippen LogP contribution in [0.4, 0.5) is 0 Å². The lowest BCUT2D eigenvalue weighted by atomic mass is 10.1. The van der Waals surface area contributed by atoms with Crippen molar-refractivity contribution < 1.29 is 19.2 Å². The van der Waals surface area contributed by atoms with Gasteiger partial charge in [-0.15, -0.1) is 0 Å². The minimum Gasteiger partial charge on any atom is -0.458 e. The third-order valence-corrected chi connectivity index (χ3v) is 2.10. The van der Waals surface area contributed by atoms with Crippen molar-refractivity contribution in [1.29, 1.82) is 0 Å². The van der Waals surface area contributed by atoms with Crippen LogP contribution in [0.1, 0.15) is 42.9 Å². The third kappa shape index (κ3) is 4.31. The predicted molar refractivity (Wildman–Crippen MR) is 66.6 cm³/mol. The molecule has 0 fully saturated rings. The lowest BCUT2D eigenvalue weighted by Gasteiger charge is -2.22. The first-order chi connectivity index (χ1) is 8.74. The first-order valence-electron chi connectivity index (χ1n) is 5.59. The molecule has 0 aliphatic rings. The standard InChI is InChI=1S/C12H17N3O4/c1-12(2,3)18-11(17)9(19-14)8-5-4-7(6-15-8)10(13)16/h4-6,9H,14H2,1-3H3,(H2,13,16).